The minimum Gasteiger partial charge on any atom is -0.481 e. The number of nitrogens with zero attached hydrogens (tertiary/aromatic N) is 3. The maximum atomic E-state index is 12.4. The van der Waals surface area contributed by atoms with Crippen molar-refractivity contribution in [3.63, 3.8) is 0 Å². The molecule has 2 aliphatic rings. The van der Waals surface area contributed by atoms with Gasteiger partial charge < -0.3 is 15.0 Å². The summed E-state index contributed by atoms with van der Waals surface area (Å²) in [6, 6.07) is 1.86. The van der Waals surface area contributed by atoms with Crippen molar-refractivity contribution in [1.82, 2.24) is 19.9 Å². The maximum Gasteiger partial charge on any atom is 0.303 e. The minimum absolute atomic E-state index is 0.0760. The van der Waals surface area contributed by atoms with Crippen molar-refractivity contribution in [2.24, 2.45) is 17.8 Å². The average molecular weight is 342 g/mol. The highest BCUT2D eigenvalue weighted by Gasteiger charge is 2.38. The molecule has 2 N–H and O–H groups in total. The predicted molar refractivity (Wildman–Crippen MR) is 90.7 cm³/mol. The van der Waals surface area contributed by atoms with E-state index in [1.54, 1.807) is 12.4 Å². The molecule has 3 heterocycles. The number of piperidine rings is 1. The summed E-state index contributed by atoms with van der Waals surface area (Å²) in [6.45, 7) is 1.30. The number of H-pyrrole nitrogens is 1. The molecule has 0 radical (unpaired) electrons. The minimum atomic E-state index is -0.772. The van der Waals surface area contributed by atoms with Crippen LogP contribution in [0.25, 0.3) is 11.0 Å². The standard InChI is InChI=1S/C18H22N4O3/c23-17(24)8-12-4-6-22(18(25)11-1-2-11)10-13(12)7-16-20-14-3-5-19-9-15(14)21-16/h3,5,9,11-13H,1-2,4,6-8,10H2,(H,20,21)(H,23,24)/t12-,13-/m0/s1. The summed E-state index contributed by atoms with van der Waals surface area (Å²) in [5.74, 6) is 0.699. The first-order valence-electron chi connectivity index (χ1n) is 8.89. The lowest BCUT2D eigenvalue weighted by Gasteiger charge is -2.38. The quantitative estimate of drug-likeness (QED) is 0.864. The molecule has 2 fully saturated rings. The highest BCUT2D eigenvalue weighted by molar-refractivity contribution is 5.81. The third-order valence-electron chi connectivity index (χ3n) is 5.35. The highest BCUT2D eigenvalue weighted by atomic mass is 16.4. The number of aliphatic carboxylic acids is 1. The summed E-state index contributed by atoms with van der Waals surface area (Å²) >= 11 is 0. The molecule has 7 nitrogen and oxygen atoms in total. The number of rotatable bonds is 5. The van der Waals surface area contributed by atoms with Crippen LogP contribution in [-0.4, -0.2) is 49.9 Å². The predicted octanol–water partition coefficient (Wildman–Crippen LogP) is 1.85. The van der Waals surface area contributed by atoms with E-state index in [4.69, 9.17) is 0 Å². The molecule has 25 heavy (non-hydrogen) atoms. The Hall–Kier alpha value is -2.44. The molecule has 1 aliphatic heterocycles. The smallest absolute Gasteiger partial charge is 0.303 e. The van der Waals surface area contributed by atoms with Crippen molar-refractivity contribution in [1.29, 1.82) is 0 Å². The van der Waals surface area contributed by atoms with E-state index < -0.39 is 5.97 Å². The number of carboxylic acids is 1. The van der Waals surface area contributed by atoms with Gasteiger partial charge >= 0.3 is 5.97 Å². The Labute approximate surface area is 145 Å². The lowest BCUT2D eigenvalue weighted by atomic mass is 9.81. The number of aromatic nitrogens is 3. The molecule has 0 aromatic carbocycles. The topological polar surface area (TPSA) is 99.2 Å². The van der Waals surface area contributed by atoms with E-state index >= 15 is 0 Å². The molecule has 2 aromatic heterocycles. The molecule has 2 aromatic rings. The molecule has 0 unspecified atom stereocenters. The fourth-order valence-electron chi connectivity index (χ4n) is 3.85. The summed E-state index contributed by atoms with van der Waals surface area (Å²) < 4.78 is 0. The zero-order chi connectivity index (χ0) is 17.4. The second-order valence-corrected chi connectivity index (χ2v) is 7.25. The maximum absolute atomic E-state index is 12.4. The normalized spacial score (nSPS) is 23.8. The molecule has 1 saturated heterocycles. The third-order valence-corrected chi connectivity index (χ3v) is 5.35. The number of imidazole rings is 1. The van der Waals surface area contributed by atoms with Crippen LogP contribution in [0, 0.1) is 17.8 Å². The molecule has 4 rings (SSSR count). The van der Waals surface area contributed by atoms with E-state index in [0.717, 1.165) is 36.1 Å². The number of hydrogen-bond acceptors (Lipinski definition) is 4. The number of fused-ring (bicyclic) bond motifs is 1. The van der Waals surface area contributed by atoms with Crippen LogP contribution in [0.2, 0.25) is 0 Å². The number of amides is 1. The van der Waals surface area contributed by atoms with Crippen LogP contribution < -0.4 is 0 Å². The number of likely N-dealkylation sites (tertiary alicyclic amines) is 1. The summed E-state index contributed by atoms with van der Waals surface area (Å²) in [5, 5.41) is 9.23. The van der Waals surface area contributed by atoms with Crippen LogP contribution >= 0.6 is 0 Å². The van der Waals surface area contributed by atoms with Gasteiger partial charge in [-0.3, -0.25) is 14.6 Å². The monoisotopic (exact) mass is 342 g/mol. The Morgan fingerprint density at radius 1 is 1.28 bits per heavy atom. The van der Waals surface area contributed by atoms with Gasteiger partial charge in [-0.25, -0.2) is 4.98 Å². The van der Waals surface area contributed by atoms with Gasteiger partial charge in [-0.1, -0.05) is 0 Å². The van der Waals surface area contributed by atoms with Crippen LogP contribution in [0.15, 0.2) is 18.5 Å². The van der Waals surface area contributed by atoms with Crippen LogP contribution in [-0.2, 0) is 16.0 Å². The third kappa shape index (κ3) is 3.50. The van der Waals surface area contributed by atoms with Crippen molar-refractivity contribution >= 4 is 22.9 Å². The first-order chi connectivity index (χ1) is 12.1. The van der Waals surface area contributed by atoms with Crippen molar-refractivity contribution in [2.45, 2.75) is 32.1 Å². The summed E-state index contributed by atoms with van der Waals surface area (Å²) in [7, 11) is 0. The summed E-state index contributed by atoms with van der Waals surface area (Å²) in [4.78, 5) is 37.5. The molecule has 2 atom stereocenters. The van der Waals surface area contributed by atoms with E-state index in [2.05, 4.69) is 15.0 Å². The number of carboxylic acid groups (broad SMARTS) is 1. The Bertz CT molecular complexity index is 765. The van der Waals surface area contributed by atoms with Gasteiger partial charge in [-0.05, 0) is 37.2 Å². The van der Waals surface area contributed by atoms with E-state index in [0.29, 0.717) is 19.5 Å². The van der Waals surface area contributed by atoms with Gasteiger partial charge in [0.15, 0.2) is 0 Å². The van der Waals surface area contributed by atoms with Gasteiger partial charge in [0.2, 0.25) is 5.91 Å². The van der Waals surface area contributed by atoms with Crippen LogP contribution in [0.1, 0.15) is 31.5 Å². The second kappa shape index (κ2) is 6.46. The van der Waals surface area contributed by atoms with Gasteiger partial charge in [-0.15, -0.1) is 0 Å². The number of nitrogens with one attached hydrogen (secondary N) is 1. The molecular formula is C18H22N4O3. The second-order valence-electron chi connectivity index (χ2n) is 7.25. The fourth-order valence-corrected chi connectivity index (χ4v) is 3.85. The van der Waals surface area contributed by atoms with E-state index in [-0.39, 0.29) is 30.1 Å². The molecular weight excluding hydrogens is 320 g/mol. The van der Waals surface area contributed by atoms with E-state index in [1.165, 1.54) is 0 Å². The number of carbonyl (C=O) groups excluding carboxylic acids is 1. The van der Waals surface area contributed by atoms with Crippen molar-refractivity contribution in [3.8, 4) is 0 Å². The van der Waals surface area contributed by atoms with Gasteiger partial charge in [0.1, 0.15) is 5.82 Å². The van der Waals surface area contributed by atoms with Crippen molar-refractivity contribution < 1.29 is 14.7 Å². The molecule has 132 valence electrons. The Balaban J connectivity index is 1.52. The van der Waals surface area contributed by atoms with Crippen LogP contribution in [0.4, 0.5) is 0 Å². The van der Waals surface area contributed by atoms with Crippen molar-refractivity contribution in [3.05, 3.63) is 24.3 Å². The zero-order valence-electron chi connectivity index (χ0n) is 14.0. The van der Waals surface area contributed by atoms with Gasteiger partial charge in [0.05, 0.1) is 17.2 Å². The van der Waals surface area contributed by atoms with Crippen LogP contribution in [0.5, 0.6) is 0 Å². The first-order valence-corrected chi connectivity index (χ1v) is 8.89. The number of hydrogen-bond donors (Lipinski definition) is 2. The Kier molecular flexibility index (Phi) is 4.15. The number of aromatic amines is 1. The number of pyridine rings is 1. The molecule has 0 spiro atoms. The zero-order valence-corrected chi connectivity index (χ0v) is 14.0. The van der Waals surface area contributed by atoms with Crippen LogP contribution in [0.3, 0.4) is 0 Å². The molecule has 1 aliphatic carbocycles. The molecule has 1 saturated carbocycles. The molecule has 1 amide bonds. The molecule has 7 heteroatoms. The van der Waals surface area contributed by atoms with Crippen molar-refractivity contribution in [2.75, 3.05) is 13.1 Å². The van der Waals surface area contributed by atoms with Gasteiger partial charge in [-0.2, -0.15) is 0 Å². The lowest BCUT2D eigenvalue weighted by molar-refractivity contribution is -0.140. The Morgan fingerprint density at radius 3 is 2.84 bits per heavy atom. The average Bonchev–Trinajstić information content (AvgIpc) is 3.35. The first kappa shape index (κ1) is 16.1. The fraction of sp³-hybridized carbons (Fsp3) is 0.556. The highest BCUT2D eigenvalue weighted by Crippen LogP contribution is 2.35. The van der Waals surface area contributed by atoms with Gasteiger partial charge in [0.25, 0.3) is 0 Å². The Morgan fingerprint density at radius 2 is 2.12 bits per heavy atom. The SMILES string of the molecule is O=C(O)C[C@@H]1CCN(C(=O)C2CC2)C[C@@H]1Cc1nc2ccncc2[nH]1. The van der Waals surface area contributed by atoms with E-state index in [1.807, 2.05) is 11.0 Å². The summed E-state index contributed by atoms with van der Waals surface area (Å²) in [5.41, 5.74) is 1.75. The lowest BCUT2D eigenvalue weighted by Crippen LogP contribution is -2.45. The summed E-state index contributed by atoms with van der Waals surface area (Å²) in [6.07, 6.45) is 6.99. The van der Waals surface area contributed by atoms with E-state index in [9.17, 15) is 14.7 Å². The molecule has 0 bridgehead atoms. The number of carbonyl (C=O) groups is 2. The largest absolute Gasteiger partial charge is 0.481 e. The van der Waals surface area contributed by atoms with Gasteiger partial charge in [0, 0.05) is 38.0 Å².